The number of rotatable bonds is 6. The second kappa shape index (κ2) is 8.70. The van der Waals surface area contributed by atoms with E-state index in [1.54, 1.807) is 16.8 Å². The molecule has 0 saturated heterocycles. The van der Waals surface area contributed by atoms with Crippen LogP contribution < -0.4 is 10.6 Å². The molecule has 0 aliphatic carbocycles. The first-order valence-electron chi connectivity index (χ1n) is 8.93. The molecule has 0 unspecified atom stereocenters. The molecule has 2 aromatic heterocycles. The molecule has 9 heteroatoms. The Morgan fingerprint density at radius 2 is 2.04 bits per heavy atom. The van der Waals surface area contributed by atoms with E-state index in [-0.39, 0.29) is 12.4 Å². The van der Waals surface area contributed by atoms with E-state index in [1.807, 2.05) is 37.7 Å². The molecule has 148 valence electrons. The molecule has 0 bridgehead atoms. The van der Waals surface area contributed by atoms with Crippen LogP contribution in [0.3, 0.4) is 0 Å². The lowest BCUT2D eigenvalue weighted by Crippen LogP contribution is -2.28. The maximum Gasteiger partial charge on any atom is 0.171 e. The van der Waals surface area contributed by atoms with Gasteiger partial charge in [-0.2, -0.15) is 10.2 Å². The normalized spacial score (nSPS) is 10.9. The number of nitrogens with one attached hydrogen (secondary N) is 2. The predicted molar refractivity (Wildman–Crippen MR) is 113 cm³/mol. The van der Waals surface area contributed by atoms with E-state index in [0.29, 0.717) is 22.2 Å². The van der Waals surface area contributed by atoms with Crippen molar-refractivity contribution in [2.45, 2.75) is 40.4 Å². The molecule has 0 aliphatic rings. The molecule has 1 aromatic carbocycles. The molecule has 0 amide bonds. The summed E-state index contributed by atoms with van der Waals surface area (Å²) in [5.41, 5.74) is 3.72. The summed E-state index contributed by atoms with van der Waals surface area (Å²) in [4.78, 5) is 0. The van der Waals surface area contributed by atoms with Crippen LogP contribution in [0.15, 0.2) is 30.5 Å². The van der Waals surface area contributed by atoms with Gasteiger partial charge in [0, 0.05) is 23.3 Å². The summed E-state index contributed by atoms with van der Waals surface area (Å²) in [7, 11) is 0. The van der Waals surface area contributed by atoms with Crippen molar-refractivity contribution in [3.05, 3.63) is 63.9 Å². The van der Waals surface area contributed by atoms with Crippen LogP contribution in [0, 0.1) is 19.7 Å². The van der Waals surface area contributed by atoms with Crippen LogP contribution in [0.5, 0.6) is 0 Å². The van der Waals surface area contributed by atoms with Crippen molar-refractivity contribution in [1.29, 1.82) is 0 Å². The summed E-state index contributed by atoms with van der Waals surface area (Å²) in [6, 6.07) is 6.60. The average molecular weight is 421 g/mol. The lowest BCUT2D eigenvalue weighted by molar-refractivity contribution is 0.579. The zero-order valence-electron chi connectivity index (χ0n) is 16.0. The largest absolute Gasteiger partial charge is 0.357 e. The summed E-state index contributed by atoms with van der Waals surface area (Å²) in [5.74, 6) is -0.349. The van der Waals surface area contributed by atoms with Crippen LogP contribution in [-0.4, -0.2) is 24.7 Å². The standard InChI is InChI=1S/C19H22ClFN6S/c1-4-26-9-8-14(25-26)10-22-19(28)23-18-12(2)24-27(13(18)3)11-15-16(20)6-5-7-17(15)21/h5-9H,4,10-11H2,1-3H3,(H2,22,23,28). The maximum atomic E-state index is 14.1. The molecular formula is C19H22ClFN6S. The van der Waals surface area contributed by atoms with Crippen molar-refractivity contribution in [2.75, 3.05) is 5.32 Å². The molecule has 6 nitrogen and oxygen atoms in total. The summed E-state index contributed by atoms with van der Waals surface area (Å²) in [6.45, 7) is 7.41. The summed E-state index contributed by atoms with van der Waals surface area (Å²) in [5, 5.41) is 16.1. The molecule has 3 rings (SSSR count). The number of hydrogen-bond acceptors (Lipinski definition) is 3. The molecule has 2 heterocycles. The van der Waals surface area contributed by atoms with Crippen molar-refractivity contribution >= 4 is 34.6 Å². The molecule has 0 radical (unpaired) electrons. The van der Waals surface area contributed by atoms with Crippen molar-refractivity contribution in [1.82, 2.24) is 24.9 Å². The summed E-state index contributed by atoms with van der Waals surface area (Å²) >= 11 is 11.5. The topological polar surface area (TPSA) is 59.7 Å². The van der Waals surface area contributed by atoms with E-state index in [2.05, 4.69) is 20.8 Å². The maximum absolute atomic E-state index is 14.1. The van der Waals surface area contributed by atoms with Gasteiger partial charge in [0.25, 0.3) is 0 Å². The molecule has 0 spiro atoms. The van der Waals surface area contributed by atoms with Gasteiger partial charge in [0.05, 0.1) is 35.9 Å². The highest BCUT2D eigenvalue weighted by Crippen LogP contribution is 2.24. The third-order valence-corrected chi connectivity index (χ3v) is 5.04. The zero-order valence-corrected chi connectivity index (χ0v) is 17.5. The first-order valence-corrected chi connectivity index (χ1v) is 9.71. The van der Waals surface area contributed by atoms with Gasteiger partial charge in [0.1, 0.15) is 5.82 Å². The van der Waals surface area contributed by atoms with E-state index < -0.39 is 0 Å². The summed E-state index contributed by atoms with van der Waals surface area (Å²) < 4.78 is 17.7. The fraction of sp³-hybridized carbons (Fsp3) is 0.316. The zero-order chi connectivity index (χ0) is 20.3. The molecular weight excluding hydrogens is 399 g/mol. The number of benzene rings is 1. The highest BCUT2D eigenvalue weighted by molar-refractivity contribution is 7.80. The Morgan fingerprint density at radius 1 is 1.25 bits per heavy atom. The lowest BCUT2D eigenvalue weighted by Gasteiger charge is -2.11. The number of aryl methyl sites for hydroxylation is 2. The van der Waals surface area contributed by atoms with Gasteiger partial charge in [-0.3, -0.25) is 9.36 Å². The van der Waals surface area contributed by atoms with Crippen molar-refractivity contribution < 1.29 is 4.39 Å². The van der Waals surface area contributed by atoms with E-state index >= 15 is 0 Å². The van der Waals surface area contributed by atoms with Gasteiger partial charge in [0.2, 0.25) is 0 Å². The first-order chi connectivity index (χ1) is 13.4. The Kier molecular flexibility index (Phi) is 6.31. The second-order valence-corrected chi connectivity index (χ2v) is 7.19. The van der Waals surface area contributed by atoms with E-state index in [1.165, 1.54) is 6.07 Å². The van der Waals surface area contributed by atoms with Gasteiger partial charge in [0.15, 0.2) is 5.11 Å². The average Bonchev–Trinajstić information content (AvgIpc) is 3.23. The highest BCUT2D eigenvalue weighted by atomic mass is 35.5. The number of thiocarbonyl (C=S) groups is 1. The summed E-state index contributed by atoms with van der Waals surface area (Å²) in [6.07, 6.45) is 1.93. The smallest absolute Gasteiger partial charge is 0.171 e. The molecule has 3 aromatic rings. The minimum Gasteiger partial charge on any atom is -0.357 e. The van der Waals surface area contributed by atoms with Crippen LogP contribution in [0.25, 0.3) is 0 Å². The molecule has 0 aliphatic heterocycles. The van der Waals surface area contributed by atoms with Crippen LogP contribution in [-0.2, 0) is 19.6 Å². The Bertz CT molecular complexity index is 976. The van der Waals surface area contributed by atoms with Crippen LogP contribution in [0.4, 0.5) is 10.1 Å². The van der Waals surface area contributed by atoms with Crippen molar-refractivity contribution in [2.24, 2.45) is 0 Å². The Hall–Kier alpha value is -2.45. The molecule has 0 fully saturated rings. The van der Waals surface area contributed by atoms with Gasteiger partial charge in [-0.1, -0.05) is 17.7 Å². The van der Waals surface area contributed by atoms with Crippen LogP contribution in [0.1, 0.15) is 29.6 Å². The first kappa shape index (κ1) is 20.3. The fourth-order valence-corrected chi connectivity index (χ4v) is 3.26. The monoisotopic (exact) mass is 420 g/mol. The predicted octanol–water partition coefficient (Wildman–Crippen LogP) is 4.04. The molecule has 28 heavy (non-hydrogen) atoms. The molecule has 0 saturated carbocycles. The minimum absolute atomic E-state index is 0.245. The van der Waals surface area contributed by atoms with Gasteiger partial charge < -0.3 is 10.6 Å². The molecule has 0 atom stereocenters. The van der Waals surface area contributed by atoms with E-state index in [4.69, 9.17) is 23.8 Å². The number of aromatic nitrogens is 4. The minimum atomic E-state index is -0.349. The third kappa shape index (κ3) is 4.51. The van der Waals surface area contributed by atoms with Crippen LogP contribution in [0.2, 0.25) is 5.02 Å². The quantitative estimate of drug-likeness (QED) is 0.589. The van der Waals surface area contributed by atoms with Crippen molar-refractivity contribution in [3.63, 3.8) is 0 Å². The number of halogens is 2. The van der Waals surface area contributed by atoms with Crippen molar-refractivity contribution in [3.8, 4) is 0 Å². The second-order valence-electron chi connectivity index (χ2n) is 6.37. The third-order valence-electron chi connectivity index (χ3n) is 4.44. The fourth-order valence-electron chi connectivity index (χ4n) is 2.87. The van der Waals surface area contributed by atoms with Gasteiger partial charge in [-0.05, 0) is 51.2 Å². The van der Waals surface area contributed by atoms with E-state index in [9.17, 15) is 4.39 Å². The van der Waals surface area contributed by atoms with Gasteiger partial charge in [-0.25, -0.2) is 4.39 Å². The van der Waals surface area contributed by atoms with Crippen LogP contribution >= 0.6 is 23.8 Å². The lowest BCUT2D eigenvalue weighted by atomic mass is 10.2. The number of anilines is 1. The Balaban J connectivity index is 1.68. The van der Waals surface area contributed by atoms with Gasteiger partial charge in [-0.15, -0.1) is 0 Å². The van der Waals surface area contributed by atoms with E-state index in [0.717, 1.165) is 29.3 Å². The highest BCUT2D eigenvalue weighted by Gasteiger charge is 2.16. The molecule has 2 N–H and O–H groups in total. The SMILES string of the molecule is CCn1ccc(CNC(=S)Nc2c(C)nn(Cc3c(F)cccc3Cl)c2C)n1. The number of nitrogens with zero attached hydrogens (tertiary/aromatic N) is 4. The Morgan fingerprint density at radius 3 is 2.71 bits per heavy atom. The Labute approximate surface area is 173 Å². The van der Waals surface area contributed by atoms with Gasteiger partial charge >= 0.3 is 0 Å². The number of hydrogen-bond donors (Lipinski definition) is 2.